The number of nitriles is 1. The summed E-state index contributed by atoms with van der Waals surface area (Å²) in [4.78, 5) is 0. The van der Waals surface area contributed by atoms with Crippen LogP contribution in [-0.4, -0.2) is 12.1 Å². The predicted octanol–water partition coefficient (Wildman–Crippen LogP) is 1.68. The second-order valence-corrected chi connectivity index (χ2v) is 3.93. The standard InChI is InChI=1S/C11H16N2/c1-3-8-13-11(9-12)6-4-10(2)5-7-11/h1,10,13H,4-8H2,2H3. The summed E-state index contributed by atoms with van der Waals surface area (Å²) < 4.78 is 0. The Kier molecular flexibility index (Phi) is 3.34. The molecule has 0 radical (unpaired) electrons. The molecule has 1 aliphatic rings. The average Bonchev–Trinajstić information content (AvgIpc) is 2.18. The minimum absolute atomic E-state index is 0.334. The van der Waals surface area contributed by atoms with Gasteiger partial charge in [0.25, 0.3) is 0 Å². The van der Waals surface area contributed by atoms with Gasteiger partial charge >= 0.3 is 0 Å². The van der Waals surface area contributed by atoms with Gasteiger partial charge in [-0.3, -0.25) is 5.32 Å². The van der Waals surface area contributed by atoms with Gasteiger partial charge in [-0.15, -0.1) is 6.42 Å². The Labute approximate surface area is 80.3 Å². The molecule has 0 aromatic heterocycles. The summed E-state index contributed by atoms with van der Waals surface area (Å²) in [6.07, 6.45) is 9.30. The highest BCUT2D eigenvalue weighted by Gasteiger charge is 2.33. The highest BCUT2D eigenvalue weighted by Crippen LogP contribution is 2.31. The van der Waals surface area contributed by atoms with E-state index in [1.54, 1.807) is 0 Å². The van der Waals surface area contributed by atoms with E-state index < -0.39 is 0 Å². The highest BCUT2D eigenvalue weighted by molar-refractivity contribution is 5.10. The molecule has 1 fully saturated rings. The van der Waals surface area contributed by atoms with Crippen LogP contribution >= 0.6 is 0 Å². The van der Waals surface area contributed by atoms with Gasteiger partial charge in [0.05, 0.1) is 12.6 Å². The topological polar surface area (TPSA) is 35.8 Å². The van der Waals surface area contributed by atoms with Gasteiger partial charge in [-0.05, 0) is 31.6 Å². The third kappa shape index (κ3) is 2.47. The summed E-state index contributed by atoms with van der Waals surface area (Å²) in [7, 11) is 0. The largest absolute Gasteiger partial charge is 0.288 e. The fourth-order valence-corrected chi connectivity index (χ4v) is 1.80. The van der Waals surface area contributed by atoms with E-state index in [1.807, 2.05) is 0 Å². The van der Waals surface area contributed by atoms with Crippen molar-refractivity contribution in [3.8, 4) is 18.4 Å². The van der Waals surface area contributed by atoms with E-state index in [0.29, 0.717) is 6.54 Å². The molecule has 0 spiro atoms. The third-order valence-corrected chi connectivity index (χ3v) is 2.87. The van der Waals surface area contributed by atoms with Crippen molar-refractivity contribution in [1.29, 1.82) is 5.26 Å². The molecule has 0 aromatic carbocycles. The Morgan fingerprint density at radius 2 is 2.15 bits per heavy atom. The molecule has 70 valence electrons. The molecule has 0 aliphatic heterocycles. The van der Waals surface area contributed by atoms with Gasteiger partial charge in [0.15, 0.2) is 0 Å². The zero-order chi connectivity index (χ0) is 9.73. The van der Waals surface area contributed by atoms with Crippen LogP contribution in [-0.2, 0) is 0 Å². The van der Waals surface area contributed by atoms with Gasteiger partial charge in [-0.25, -0.2) is 0 Å². The second kappa shape index (κ2) is 4.30. The van der Waals surface area contributed by atoms with E-state index >= 15 is 0 Å². The molecule has 2 heteroatoms. The Hall–Kier alpha value is -0.990. The molecule has 0 heterocycles. The quantitative estimate of drug-likeness (QED) is 0.650. The molecule has 0 amide bonds. The smallest absolute Gasteiger partial charge is 0.107 e. The normalized spacial score (nSPS) is 33.3. The molecule has 0 aromatic rings. The van der Waals surface area contributed by atoms with Crippen LogP contribution in [0.3, 0.4) is 0 Å². The van der Waals surface area contributed by atoms with Crippen molar-refractivity contribution < 1.29 is 0 Å². The molecular formula is C11H16N2. The van der Waals surface area contributed by atoms with E-state index in [4.69, 9.17) is 11.7 Å². The number of hydrogen-bond donors (Lipinski definition) is 1. The molecule has 1 N–H and O–H groups in total. The van der Waals surface area contributed by atoms with Crippen LogP contribution in [0, 0.1) is 29.6 Å². The first kappa shape index (κ1) is 10.1. The monoisotopic (exact) mass is 176 g/mol. The average molecular weight is 176 g/mol. The minimum atomic E-state index is -0.334. The number of hydrogen-bond acceptors (Lipinski definition) is 2. The van der Waals surface area contributed by atoms with Crippen molar-refractivity contribution >= 4 is 0 Å². The Balaban J connectivity index is 2.52. The van der Waals surface area contributed by atoms with E-state index in [-0.39, 0.29) is 5.54 Å². The van der Waals surface area contributed by atoms with Crippen LogP contribution in [0.2, 0.25) is 0 Å². The molecule has 13 heavy (non-hydrogen) atoms. The molecule has 0 saturated heterocycles. The fraction of sp³-hybridized carbons (Fsp3) is 0.727. The van der Waals surface area contributed by atoms with Gasteiger partial charge in [0, 0.05) is 0 Å². The van der Waals surface area contributed by atoms with E-state index in [1.165, 1.54) is 0 Å². The molecule has 2 nitrogen and oxygen atoms in total. The SMILES string of the molecule is C#CCNC1(C#N)CCC(C)CC1. The van der Waals surface area contributed by atoms with Crippen molar-refractivity contribution in [1.82, 2.24) is 5.32 Å². The number of rotatable bonds is 2. The Bertz CT molecular complexity index is 236. The lowest BCUT2D eigenvalue weighted by Crippen LogP contribution is -2.46. The summed E-state index contributed by atoms with van der Waals surface area (Å²) in [5.41, 5.74) is -0.334. The summed E-state index contributed by atoms with van der Waals surface area (Å²) in [6, 6.07) is 2.37. The number of nitrogens with one attached hydrogen (secondary N) is 1. The zero-order valence-corrected chi connectivity index (χ0v) is 8.14. The fourth-order valence-electron chi connectivity index (χ4n) is 1.80. The van der Waals surface area contributed by atoms with Crippen LogP contribution in [0.15, 0.2) is 0 Å². The lowest BCUT2D eigenvalue weighted by atomic mass is 9.78. The maximum Gasteiger partial charge on any atom is 0.107 e. The first-order valence-corrected chi connectivity index (χ1v) is 4.82. The first-order chi connectivity index (χ1) is 6.22. The zero-order valence-electron chi connectivity index (χ0n) is 8.14. The molecule has 1 rings (SSSR count). The van der Waals surface area contributed by atoms with Crippen LogP contribution in [0.1, 0.15) is 32.6 Å². The molecular weight excluding hydrogens is 160 g/mol. The highest BCUT2D eigenvalue weighted by atomic mass is 15.0. The Morgan fingerprint density at radius 3 is 2.62 bits per heavy atom. The van der Waals surface area contributed by atoms with Crippen molar-refractivity contribution in [2.75, 3.05) is 6.54 Å². The van der Waals surface area contributed by atoms with Crippen molar-refractivity contribution in [3.63, 3.8) is 0 Å². The second-order valence-electron chi connectivity index (χ2n) is 3.93. The molecule has 1 saturated carbocycles. The summed E-state index contributed by atoms with van der Waals surface area (Å²) >= 11 is 0. The van der Waals surface area contributed by atoms with Gasteiger partial charge in [0.2, 0.25) is 0 Å². The Morgan fingerprint density at radius 1 is 1.54 bits per heavy atom. The predicted molar refractivity (Wildman–Crippen MR) is 52.8 cm³/mol. The maximum absolute atomic E-state index is 9.07. The van der Waals surface area contributed by atoms with E-state index in [0.717, 1.165) is 31.6 Å². The minimum Gasteiger partial charge on any atom is -0.288 e. The van der Waals surface area contributed by atoms with E-state index in [9.17, 15) is 0 Å². The molecule has 0 bridgehead atoms. The maximum atomic E-state index is 9.07. The summed E-state index contributed by atoms with van der Waals surface area (Å²) in [5, 5.41) is 12.2. The lowest BCUT2D eigenvalue weighted by Gasteiger charge is -2.33. The van der Waals surface area contributed by atoms with Crippen LogP contribution in [0.4, 0.5) is 0 Å². The van der Waals surface area contributed by atoms with Gasteiger partial charge in [-0.1, -0.05) is 12.8 Å². The third-order valence-electron chi connectivity index (χ3n) is 2.87. The van der Waals surface area contributed by atoms with Crippen LogP contribution in [0.5, 0.6) is 0 Å². The van der Waals surface area contributed by atoms with Crippen molar-refractivity contribution in [3.05, 3.63) is 0 Å². The van der Waals surface area contributed by atoms with E-state index in [2.05, 4.69) is 24.2 Å². The van der Waals surface area contributed by atoms with Gasteiger partial charge < -0.3 is 0 Å². The van der Waals surface area contributed by atoms with Gasteiger partial charge in [-0.2, -0.15) is 5.26 Å². The number of terminal acetylenes is 1. The van der Waals surface area contributed by atoms with Crippen molar-refractivity contribution in [2.45, 2.75) is 38.1 Å². The molecule has 1 aliphatic carbocycles. The molecule has 0 unspecified atom stereocenters. The van der Waals surface area contributed by atoms with Crippen LogP contribution in [0.25, 0.3) is 0 Å². The van der Waals surface area contributed by atoms with Crippen LogP contribution < -0.4 is 5.32 Å². The summed E-state index contributed by atoms with van der Waals surface area (Å²) in [6.45, 7) is 2.74. The van der Waals surface area contributed by atoms with Gasteiger partial charge in [0.1, 0.15) is 5.54 Å². The lowest BCUT2D eigenvalue weighted by molar-refractivity contribution is 0.257. The molecule has 0 atom stereocenters. The number of nitrogens with zero attached hydrogens (tertiary/aromatic N) is 1. The van der Waals surface area contributed by atoms with Crippen molar-refractivity contribution in [2.24, 2.45) is 5.92 Å². The summed E-state index contributed by atoms with van der Waals surface area (Å²) in [5.74, 6) is 3.28. The first-order valence-electron chi connectivity index (χ1n) is 4.82.